The number of hydrogen-bond donors (Lipinski definition) is 0. The van der Waals surface area contributed by atoms with E-state index in [1.54, 1.807) is 0 Å². The minimum atomic E-state index is -1.26. The number of carbonyl (C=O) groups is 1. The van der Waals surface area contributed by atoms with Crippen molar-refractivity contribution in [3.63, 3.8) is 0 Å². The number of carbonyl (C=O) groups excluding carboxylic acids is 1. The van der Waals surface area contributed by atoms with Crippen LogP contribution in [0.5, 0.6) is 0 Å². The van der Waals surface area contributed by atoms with Gasteiger partial charge >= 0.3 is 6.16 Å². The highest BCUT2D eigenvalue weighted by Gasteiger charge is 2.44. The lowest BCUT2D eigenvalue weighted by Gasteiger charge is -2.44. The quantitative estimate of drug-likeness (QED) is 0.188. The van der Waals surface area contributed by atoms with Crippen LogP contribution < -0.4 is 0 Å². The second-order valence-electron chi connectivity index (χ2n) is 13.6. The van der Waals surface area contributed by atoms with E-state index in [1.807, 2.05) is 0 Å². The molecule has 0 aromatic heterocycles. The average molecular weight is 545 g/mol. The van der Waals surface area contributed by atoms with Crippen molar-refractivity contribution >= 4 is 58.9 Å². The molecule has 0 aliphatic heterocycles. The molecular weight excluding hydrogens is 493 g/mol. The van der Waals surface area contributed by atoms with Crippen molar-refractivity contribution in [2.45, 2.75) is 126 Å². The Kier molecular flexibility index (Phi) is 11.3. The number of ether oxygens (including phenoxy) is 2. The third-order valence-corrected chi connectivity index (χ3v) is 31.9. The summed E-state index contributed by atoms with van der Waals surface area (Å²) >= 11 is 0. The number of rotatable bonds is 12. The van der Waals surface area contributed by atoms with Crippen molar-refractivity contribution in [1.82, 2.24) is 0 Å². The van der Waals surface area contributed by atoms with E-state index < -0.39 is 39.9 Å². The van der Waals surface area contributed by atoms with Gasteiger partial charge in [0, 0.05) is 35.2 Å². The largest absolute Gasteiger partial charge is 0.507 e. The molecule has 0 N–H and O–H groups in total. The molecule has 0 heterocycles. The van der Waals surface area contributed by atoms with Crippen LogP contribution in [0.3, 0.4) is 0 Å². The smallest absolute Gasteiger partial charge is 0.438 e. The topological polar surface area (TPSA) is 35.5 Å². The van der Waals surface area contributed by atoms with Gasteiger partial charge in [-0.3, -0.25) is 0 Å². The van der Waals surface area contributed by atoms with E-state index in [2.05, 4.69) is 108 Å². The van der Waals surface area contributed by atoms with Crippen molar-refractivity contribution in [1.29, 1.82) is 0 Å². The van der Waals surface area contributed by atoms with Crippen LogP contribution in [0.2, 0.25) is 71.0 Å². The Morgan fingerprint density at radius 2 is 0.906 bits per heavy atom. The first kappa shape index (κ1) is 32.6. The van der Waals surface area contributed by atoms with Crippen LogP contribution in [0.1, 0.15) is 55.4 Å². The molecule has 0 aromatic carbocycles. The van der Waals surface area contributed by atoms with Crippen LogP contribution in [0.25, 0.3) is 0 Å². The Labute approximate surface area is 211 Å². The first-order chi connectivity index (χ1) is 13.9. The third-order valence-electron chi connectivity index (χ3n) is 7.95. The molecule has 6 radical (unpaired) electrons. The summed E-state index contributed by atoms with van der Waals surface area (Å²) in [5.41, 5.74) is 0. The molecule has 186 valence electrons. The maximum atomic E-state index is 12.4. The van der Waals surface area contributed by atoms with Gasteiger partial charge in [0.05, 0.1) is 30.1 Å². The summed E-state index contributed by atoms with van der Waals surface area (Å²) in [6.07, 6.45) is 0.598. The monoisotopic (exact) mass is 544 g/mol. The Bertz CT molecular complexity index is 566. The highest BCUT2D eigenvalue weighted by molar-refractivity contribution is 6.91. The van der Waals surface area contributed by atoms with Gasteiger partial charge in [0.2, 0.25) is 0 Å². The summed E-state index contributed by atoms with van der Waals surface area (Å²) in [6.45, 7) is 38.6. The second kappa shape index (κ2) is 11.1. The fourth-order valence-corrected chi connectivity index (χ4v) is 17.0. The zero-order valence-corrected chi connectivity index (χ0v) is 30.1. The normalized spacial score (nSPS) is 14.8. The highest BCUT2D eigenvalue weighted by atomic mass is 28.4. The summed E-state index contributed by atoms with van der Waals surface area (Å²) in [6, 6.07) is 0. The molecule has 9 heteroatoms. The second-order valence-corrected chi connectivity index (χ2v) is 38.8. The van der Waals surface area contributed by atoms with Gasteiger partial charge < -0.3 is 9.47 Å². The van der Waals surface area contributed by atoms with Gasteiger partial charge in [-0.25, -0.2) is 4.79 Å². The summed E-state index contributed by atoms with van der Waals surface area (Å²) in [5.74, 6) is 0. The van der Waals surface area contributed by atoms with Crippen molar-refractivity contribution < 1.29 is 14.3 Å². The molecule has 0 saturated carbocycles. The molecule has 0 rings (SSSR count). The SMILES string of the molecule is C[Si](COC(=O)OC[Si](C)C(C)(C)[Si]C(C)(C)[Si](C)(C)C)C(C)(C)[Si]C(C)(C)[Si](C)(C)C. The van der Waals surface area contributed by atoms with Crippen LogP contribution in [0, 0.1) is 0 Å². The van der Waals surface area contributed by atoms with E-state index >= 15 is 0 Å². The lowest BCUT2D eigenvalue weighted by molar-refractivity contribution is 0.0785. The van der Waals surface area contributed by atoms with Crippen LogP contribution in [0.4, 0.5) is 4.79 Å². The molecule has 0 fully saturated rings. The van der Waals surface area contributed by atoms with Crippen LogP contribution >= 0.6 is 0 Å². The maximum Gasteiger partial charge on any atom is 0.507 e. The first-order valence-electron chi connectivity index (χ1n) is 11.9. The minimum absolute atomic E-state index is 0.236. The van der Waals surface area contributed by atoms with Crippen molar-refractivity contribution in [2.75, 3.05) is 12.5 Å². The molecule has 0 bridgehead atoms. The lowest BCUT2D eigenvalue weighted by atomic mass is 10.5. The van der Waals surface area contributed by atoms with E-state index in [0.717, 1.165) is 19.0 Å². The predicted molar refractivity (Wildman–Crippen MR) is 155 cm³/mol. The van der Waals surface area contributed by atoms with E-state index in [4.69, 9.17) is 9.47 Å². The molecule has 0 aliphatic carbocycles. The Hall–Kier alpha value is 0.571. The summed E-state index contributed by atoms with van der Waals surface area (Å²) in [4.78, 5) is 12.4. The van der Waals surface area contributed by atoms with Gasteiger partial charge in [-0.1, -0.05) is 108 Å². The Morgan fingerprint density at radius 3 is 1.12 bits per heavy atom. The average Bonchev–Trinajstić information content (AvgIpc) is 2.53. The van der Waals surface area contributed by atoms with E-state index in [1.165, 1.54) is 0 Å². The van der Waals surface area contributed by atoms with Crippen molar-refractivity contribution in [3.8, 4) is 0 Å². The van der Waals surface area contributed by atoms with Gasteiger partial charge in [-0.05, 0) is 18.6 Å². The Morgan fingerprint density at radius 1 is 0.656 bits per heavy atom. The Balaban J connectivity index is 4.78. The molecule has 3 nitrogen and oxygen atoms in total. The molecule has 0 aromatic rings. The zero-order valence-electron chi connectivity index (χ0n) is 24.1. The molecule has 0 saturated heterocycles. The molecule has 0 spiro atoms. The minimum Gasteiger partial charge on any atom is -0.438 e. The van der Waals surface area contributed by atoms with Gasteiger partial charge in [0.15, 0.2) is 0 Å². The standard InChI is InChI=1S/C23H52O3Si6/c1-20(2,27-22(5,6)31(11,12)13)29(9)17-25-19(24)26-18-30(10)21(3,4)28-23(7,8)32(14,15)16/h17-18H2,1-16H3. The first-order valence-corrected chi connectivity index (χ1v) is 25.3. The molecule has 0 unspecified atom stereocenters. The third kappa shape index (κ3) is 9.67. The molecule has 0 aliphatic rings. The molecule has 0 amide bonds. The van der Waals surface area contributed by atoms with Gasteiger partial charge in [-0.15, -0.1) is 0 Å². The lowest BCUT2D eigenvalue weighted by Crippen LogP contribution is -2.47. The zero-order chi connectivity index (χ0) is 26.0. The van der Waals surface area contributed by atoms with Gasteiger partial charge in [-0.2, -0.15) is 0 Å². The van der Waals surface area contributed by atoms with Crippen LogP contribution in [-0.2, 0) is 9.47 Å². The molecule has 32 heavy (non-hydrogen) atoms. The number of hydrogen-bond acceptors (Lipinski definition) is 3. The maximum absolute atomic E-state index is 12.4. The highest BCUT2D eigenvalue weighted by Crippen LogP contribution is 2.45. The fourth-order valence-electron chi connectivity index (χ4n) is 2.89. The predicted octanol–water partition coefficient (Wildman–Crippen LogP) is 7.50. The summed E-state index contributed by atoms with van der Waals surface area (Å²) < 4.78 is 12.5. The van der Waals surface area contributed by atoms with Crippen molar-refractivity contribution in [3.05, 3.63) is 0 Å². The summed E-state index contributed by atoms with van der Waals surface area (Å²) in [5, 5.41) is 0. The fraction of sp³-hybridized carbons (Fsp3) is 0.957. The van der Waals surface area contributed by atoms with Crippen LogP contribution in [-0.4, -0.2) is 71.4 Å². The van der Waals surface area contributed by atoms with E-state index in [9.17, 15) is 4.79 Å². The van der Waals surface area contributed by atoms with Crippen LogP contribution in [0.15, 0.2) is 0 Å². The molecule has 0 atom stereocenters. The summed E-state index contributed by atoms with van der Waals surface area (Å²) in [7, 11) is -2.41. The van der Waals surface area contributed by atoms with Gasteiger partial charge in [0.1, 0.15) is 0 Å². The van der Waals surface area contributed by atoms with E-state index in [-0.39, 0.29) is 9.32 Å². The van der Waals surface area contributed by atoms with Gasteiger partial charge in [0.25, 0.3) is 0 Å². The van der Waals surface area contributed by atoms with Crippen molar-refractivity contribution in [2.24, 2.45) is 0 Å². The molecular formula is C23H52O3Si6. The van der Waals surface area contributed by atoms with E-state index in [0.29, 0.717) is 21.8 Å².